The van der Waals surface area contributed by atoms with Crippen LogP contribution in [0.4, 0.5) is 4.39 Å². The quantitative estimate of drug-likeness (QED) is 0.129. The number of carbonyl (C=O) groups is 4. The number of aliphatic hydroxyl groups excluding tert-OH is 1. The Morgan fingerprint density at radius 1 is 0.692 bits per heavy atom. The van der Waals surface area contributed by atoms with Crippen LogP contribution in [-0.4, -0.2) is 57.5 Å². The summed E-state index contributed by atoms with van der Waals surface area (Å²) in [6.07, 6.45) is 0.963. The van der Waals surface area contributed by atoms with Crippen molar-refractivity contribution in [1.82, 2.24) is 0 Å². The number of allylic oxidation sites excluding steroid dienone is 1. The molecule has 0 heterocycles. The number of carbonyl (C=O) groups excluding carboxylic acids is 3. The van der Waals surface area contributed by atoms with Gasteiger partial charge in [0.1, 0.15) is 32.8 Å². The second-order valence-corrected chi connectivity index (χ2v) is 13.8. The molecule has 0 aliphatic heterocycles. The molecule has 3 aromatic carbocycles. The highest BCUT2D eigenvalue weighted by molar-refractivity contribution is 9.10. The number of aromatic hydroxyl groups is 2. The summed E-state index contributed by atoms with van der Waals surface area (Å²) < 4.78 is 37.9. The zero-order chi connectivity index (χ0) is 39.3. The molecule has 4 N–H and O–H groups in total. The average molecular weight is 788 g/mol. The van der Waals surface area contributed by atoms with Gasteiger partial charge in [0.15, 0.2) is 17.3 Å². The smallest absolute Gasteiger partial charge is 0.347 e. The molecule has 3 unspecified atom stereocenters. The Morgan fingerprint density at radius 3 is 1.69 bits per heavy atom. The van der Waals surface area contributed by atoms with Gasteiger partial charge in [0.05, 0.1) is 23.3 Å². The van der Waals surface area contributed by atoms with Crippen molar-refractivity contribution in [3.8, 4) is 28.7 Å². The molecular weight excluding hydrogens is 747 g/mol. The Hall–Kier alpha value is -4.95. The Bertz CT molecular complexity index is 2000. The number of benzene rings is 3. The van der Waals surface area contributed by atoms with Gasteiger partial charge in [0, 0.05) is 24.7 Å². The minimum Gasteiger partial charge on any atom is -0.513 e. The fourth-order valence-electron chi connectivity index (χ4n) is 6.53. The zero-order valence-electron chi connectivity index (χ0n) is 30.3. The molecule has 0 radical (unpaired) electrons. The molecule has 0 aromatic heterocycles. The van der Waals surface area contributed by atoms with Gasteiger partial charge in [0.2, 0.25) is 0 Å². The van der Waals surface area contributed by atoms with E-state index in [1.54, 1.807) is 34.6 Å². The van der Waals surface area contributed by atoms with Gasteiger partial charge in [-0.15, -0.1) is 0 Å². The van der Waals surface area contributed by atoms with Crippen molar-refractivity contribution in [3.05, 3.63) is 83.3 Å². The van der Waals surface area contributed by atoms with Crippen LogP contribution in [0.25, 0.3) is 0 Å². The first-order chi connectivity index (χ1) is 24.2. The van der Waals surface area contributed by atoms with Crippen molar-refractivity contribution in [2.45, 2.75) is 74.8 Å². The molecule has 12 nitrogen and oxygen atoms in total. The molecule has 52 heavy (non-hydrogen) atoms. The fourth-order valence-corrected chi connectivity index (χ4v) is 7.10. The highest BCUT2D eigenvalue weighted by Crippen LogP contribution is 2.45. The monoisotopic (exact) mass is 786 g/mol. The van der Waals surface area contributed by atoms with Crippen LogP contribution in [0.1, 0.15) is 88.9 Å². The SMILES string of the molecule is COC1CC(O)=CC(C)C1C(=O)Oc1c(C)c(C)c(C(=O)Oc2c(C)c(O)c(C(=O)Oc3c(C)c(C)c(C(=O)O)c(C)c3C)c(C)c2F)c(O)c1Br. The van der Waals surface area contributed by atoms with Gasteiger partial charge < -0.3 is 39.4 Å². The van der Waals surface area contributed by atoms with E-state index in [4.69, 9.17) is 18.9 Å². The summed E-state index contributed by atoms with van der Waals surface area (Å²) in [6.45, 7) is 13.4. The maximum absolute atomic E-state index is 15.9. The molecule has 0 bridgehead atoms. The predicted molar refractivity (Wildman–Crippen MR) is 190 cm³/mol. The molecule has 0 amide bonds. The third-order valence-electron chi connectivity index (χ3n) is 9.94. The summed E-state index contributed by atoms with van der Waals surface area (Å²) >= 11 is 3.20. The molecule has 14 heteroatoms. The number of phenols is 2. The van der Waals surface area contributed by atoms with Crippen LogP contribution in [0.15, 0.2) is 16.3 Å². The van der Waals surface area contributed by atoms with Gasteiger partial charge in [-0.3, -0.25) is 4.79 Å². The first-order valence-electron chi connectivity index (χ1n) is 16.1. The van der Waals surface area contributed by atoms with E-state index in [9.17, 15) is 39.6 Å². The van der Waals surface area contributed by atoms with Crippen molar-refractivity contribution < 1.29 is 62.9 Å². The van der Waals surface area contributed by atoms with Gasteiger partial charge in [-0.2, -0.15) is 0 Å². The van der Waals surface area contributed by atoms with E-state index >= 15 is 4.39 Å². The maximum Gasteiger partial charge on any atom is 0.347 e. The number of aromatic carboxylic acids is 1. The fraction of sp³-hybridized carbons (Fsp3) is 0.368. The number of halogens is 2. The van der Waals surface area contributed by atoms with Crippen molar-refractivity contribution in [2.24, 2.45) is 11.8 Å². The van der Waals surface area contributed by atoms with Crippen LogP contribution in [0.2, 0.25) is 0 Å². The Morgan fingerprint density at radius 2 is 1.17 bits per heavy atom. The van der Waals surface area contributed by atoms with Crippen LogP contribution in [-0.2, 0) is 9.53 Å². The summed E-state index contributed by atoms with van der Waals surface area (Å²) in [7, 11) is 1.41. The van der Waals surface area contributed by atoms with E-state index in [2.05, 4.69) is 15.9 Å². The van der Waals surface area contributed by atoms with Crippen molar-refractivity contribution in [2.75, 3.05) is 7.11 Å². The van der Waals surface area contributed by atoms with Crippen LogP contribution in [0, 0.1) is 73.0 Å². The van der Waals surface area contributed by atoms with Gasteiger partial charge in [0.25, 0.3) is 0 Å². The minimum absolute atomic E-state index is 0.0568. The van der Waals surface area contributed by atoms with E-state index in [1.165, 1.54) is 40.9 Å². The third kappa shape index (κ3) is 6.84. The van der Waals surface area contributed by atoms with E-state index < -0.39 is 81.6 Å². The van der Waals surface area contributed by atoms with Crippen LogP contribution < -0.4 is 14.2 Å². The lowest BCUT2D eigenvalue weighted by Crippen LogP contribution is -2.40. The first-order valence-corrected chi connectivity index (χ1v) is 16.9. The lowest BCUT2D eigenvalue weighted by molar-refractivity contribution is -0.146. The summed E-state index contributed by atoms with van der Waals surface area (Å²) in [5, 5.41) is 41.9. The number of hydrogen-bond acceptors (Lipinski definition) is 11. The second-order valence-electron chi connectivity index (χ2n) is 13.0. The summed E-state index contributed by atoms with van der Waals surface area (Å²) in [4.78, 5) is 52.1. The van der Waals surface area contributed by atoms with Gasteiger partial charge in [-0.05, 0) is 117 Å². The van der Waals surface area contributed by atoms with Crippen LogP contribution >= 0.6 is 15.9 Å². The lowest BCUT2D eigenvalue weighted by Gasteiger charge is -2.31. The molecule has 1 aliphatic rings. The van der Waals surface area contributed by atoms with Crippen molar-refractivity contribution >= 4 is 39.8 Å². The normalized spacial score (nSPS) is 17.0. The number of aliphatic hydroxyl groups is 1. The van der Waals surface area contributed by atoms with Crippen LogP contribution in [0.5, 0.6) is 28.7 Å². The Labute approximate surface area is 307 Å². The second kappa shape index (κ2) is 15.0. The summed E-state index contributed by atoms with van der Waals surface area (Å²) in [5.74, 6) is -8.63. The summed E-state index contributed by atoms with van der Waals surface area (Å²) in [5.41, 5.74) is 0.281. The predicted octanol–water partition coefficient (Wildman–Crippen LogP) is 7.62. The molecule has 0 spiro atoms. The third-order valence-corrected chi connectivity index (χ3v) is 10.7. The zero-order valence-corrected chi connectivity index (χ0v) is 31.9. The largest absolute Gasteiger partial charge is 0.513 e. The Kier molecular flexibility index (Phi) is 11.5. The maximum atomic E-state index is 15.9. The van der Waals surface area contributed by atoms with Gasteiger partial charge in [-0.1, -0.05) is 6.92 Å². The van der Waals surface area contributed by atoms with Crippen molar-refractivity contribution in [3.63, 3.8) is 0 Å². The average Bonchev–Trinajstić information content (AvgIpc) is 3.07. The standard InChI is InChI=1S/C38H40BrFO12/c1-13-11-22(41)12-23(49-10)24(13)36(46)51-33-19(7)16(4)26(31(43)28(33)39)37(47)52-34-21(9)30(42)27(20(8)29(34)40)38(48)50-32-17(5)14(2)25(35(44)45)15(3)18(32)6/h11,13,23-24,41-43H,12H2,1-10H3,(H,44,45). The van der Waals surface area contributed by atoms with Gasteiger partial charge in [-0.25, -0.2) is 18.8 Å². The number of hydrogen-bond donors (Lipinski definition) is 4. The van der Waals surface area contributed by atoms with Crippen LogP contribution in [0.3, 0.4) is 0 Å². The molecular formula is C38H40BrFO12. The van der Waals surface area contributed by atoms with E-state index in [0.29, 0.717) is 22.3 Å². The first kappa shape index (κ1) is 39.8. The number of carboxylic acid groups (broad SMARTS) is 1. The molecule has 3 atom stereocenters. The van der Waals surface area contributed by atoms with E-state index in [-0.39, 0.29) is 50.4 Å². The number of phenolic OH excluding ortho intramolecular Hbond substituents is 2. The number of esters is 3. The van der Waals surface area contributed by atoms with E-state index in [1.807, 2.05) is 0 Å². The topological polar surface area (TPSA) is 186 Å². The summed E-state index contributed by atoms with van der Waals surface area (Å²) in [6, 6.07) is 0. The van der Waals surface area contributed by atoms with Crippen molar-refractivity contribution in [1.29, 1.82) is 0 Å². The van der Waals surface area contributed by atoms with E-state index in [0.717, 1.165) is 0 Å². The molecule has 0 saturated heterocycles. The number of carboxylic acids is 1. The molecule has 0 fully saturated rings. The number of rotatable bonds is 8. The lowest BCUT2D eigenvalue weighted by atomic mass is 9.82. The Balaban J connectivity index is 1.68. The molecule has 0 saturated carbocycles. The highest BCUT2D eigenvalue weighted by Gasteiger charge is 2.39. The highest BCUT2D eigenvalue weighted by atomic mass is 79.9. The number of ether oxygens (including phenoxy) is 4. The molecule has 3 aromatic rings. The van der Waals surface area contributed by atoms with Gasteiger partial charge >= 0.3 is 23.9 Å². The minimum atomic E-state index is -1.22. The molecule has 1 aliphatic carbocycles. The number of methoxy groups -OCH3 is 1. The molecule has 4 rings (SSSR count). The molecule has 278 valence electrons.